The molecule has 0 bridgehead atoms. The number of anilines is 7. The minimum Gasteiger partial charge on any atom is -1.00 e. The zero-order valence-corrected chi connectivity index (χ0v) is 78.7. The summed E-state index contributed by atoms with van der Waals surface area (Å²) < 4.78 is 53.2. The van der Waals surface area contributed by atoms with Crippen LogP contribution in [0.5, 0.6) is 11.8 Å². The molecule has 7 aromatic carbocycles. The Balaban J connectivity index is 0.000000292. The van der Waals surface area contributed by atoms with Crippen molar-refractivity contribution in [2.24, 2.45) is 11.5 Å². The number of ether oxygens (including phenoxy) is 2. The first kappa shape index (κ1) is 108. The number of nitrogens with one attached hydrogen (secondary N) is 3. The summed E-state index contributed by atoms with van der Waals surface area (Å²) in [6.07, 6.45) is 14.4. The Labute approximate surface area is 825 Å². The number of thioether (sulfide) groups is 4. The molecule has 26 nitrogen and oxygen atoms in total. The molecule has 0 fully saturated rings. The first-order valence-corrected chi connectivity index (χ1v) is 44.7. The number of aromatic nitrogens is 12. The molecule has 674 valence electrons. The van der Waals surface area contributed by atoms with Crippen LogP contribution in [0.25, 0.3) is 45.0 Å². The molecule has 0 aliphatic carbocycles. The van der Waals surface area contributed by atoms with Crippen LogP contribution in [0.2, 0.25) is 15.5 Å². The van der Waals surface area contributed by atoms with Gasteiger partial charge in [0, 0.05) is 69.8 Å². The van der Waals surface area contributed by atoms with Crippen LogP contribution in [0, 0.1) is 69.7 Å². The molecule has 0 saturated heterocycles. The molecule has 0 aliphatic heterocycles. The fraction of sp³-hybridized carbons (Fsp3) is 0.135. The van der Waals surface area contributed by atoms with Crippen LogP contribution < -0.4 is 72.2 Å². The van der Waals surface area contributed by atoms with Crippen molar-refractivity contribution in [2.45, 2.75) is 81.6 Å². The molecule has 15 aromatic rings. The molecular weight excluding hydrogens is 1840 g/mol. The van der Waals surface area contributed by atoms with E-state index in [1.165, 1.54) is 83.7 Å². The van der Waals surface area contributed by atoms with Crippen LogP contribution in [0.3, 0.4) is 0 Å². The number of amides is 1. The Hall–Kier alpha value is -13.3. The first-order chi connectivity index (χ1) is 63.0. The third-order valence-electron chi connectivity index (χ3n) is 17.4. The summed E-state index contributed by atoms with van der Waals surface area (Å²) in [7, 11) is 0. The smallest absolute Gasteiger partial charge is 1.00 e. The number of aliphatic hydroxyl groups excluding tert-OH is 1. The second-order valence-electron chi connectivity index (χ2n) is 26.3. The maximum absolute atomic E-state index is 14.2. The van der Waals surface area contributed by atoms with E-state index < -0.39 is 23.6 Å². The molecule has 0 radical (unpaired) electrons. The van der Waals surface area contributed by atoms with Crippen molar-refractivity contribution in [1.82, 2.24) is 59.8 Å². The van der Waals surface area contributed by atoms with E-state index in [-0.39, 0.29) is 126 Å². The van der Waals surface area contributed by atoms with Gasteiger partial charge in [-0.3, -0.25) is 24.7 Å². The Kier molecular flexibility index (Phi) is 46.5. The monoisotopic (exact) mass is 1930 g/mol. The summed E-state index contributed by atoms with van der Waals surface area (Å²) in [5.74, 6) is -0.109. The average Bonchev–Trinajstić information content (AvgIpc) is 0.811. The molecule has 10 N–H and O–H groups in total. The van der Waals surface area contributed by atoms with Gasteiger partial charge in [0.2, 0.25) is 17.7 Å². The number of benzene rings is 7. The van der Waals surface area contributed by atoms with Crippen molar-refractivity contribution in [3.8, 4) is 81.1 Å². The number of halogens is 6. The molecule has 15 rings (SSSR count). The van der Waals surface area contributed by atoms with Gasteiger partial charge in [-0.15, -0.1) is 0 Å². The number of primary amides is 1. The van der Waals surface area contributed by atoms with Gasteiger partial charge in [0.05, 0.1) is 18.3 Å². The van der Waals surface area contributed by atoms with Crippen LogP contribution >= 0.6 is 81.9 Å². The van der Waals surface area contributed by atoms with E-state index >= 15 is 0 Å². The molecule has 1 atom stereocenters. The number of nitrogen functional groups attached to an aromatic ring is 1. The van der Waals surface area contributed by atoms with E-state index in [4.69, 9.17) is 71.8 Å². The van der Waals surface area contributed by atoms with Gasteiger partial charge in [-0.05, 0) is 152 Å². The van der Waals surface area contributed by atoms with Gasteiger partial charge in [-0.25, -0.2) is 43.1 Å². The SMILES string of the molecule is C.C.CC[C@@H](N)C(N)=O.CSc1nc(Cl)c(C#N)c(Cl)n1.CSc1nc(Cl)c(C#N)c(Nc2cccc(-c3ncccc3F)c2)n1.CSc1nc(Nc2cccc(-c3ncccc3C)c2)c(C#N)c(OCc2ccccc2)n1.CSc1nc(Nc2cccc(-c3ncccc3F)c2)c(C#N)c(OCc2ccccc2)n1.Nc1cccc(-c2ncccc2F)c1.OCc1ccccc1.[H-].[Na+]. The predicted molar refractivity (Wildman–Crippen MR) is 523 cm³/mol. The quantitative estimate of drug-likeness (QED) is 0.0103. The Morgan fingerprint density at radius 1 is 0.436 bits per heavy atom. The van der Waals surface area contributed by atoms with Crippen LogP contribution in [-0.4, -0.2) is 102 Å². The molecule has 8 aromatic heterocycles. The van der Waals surface area contributed by atoms with Crippen LogP contribution in [0.15, 0.2) is 282 Å². The summed E-state index contributed by atoms with van der Waals surface area (Å²) in [5.41, 5.74) is 27.5. The van der Waals surface area contributed by atoms with E-state index in [0.717, 1.165) is 39.2 Å². The standard InChI is InChI=1S/C25H21N5OS.C24H18FN5OS.C17H11ClFN5S.C11H9FN2.C7H8O.C6H3Cl2N3S.C4H10N2O.2CH4.Na.H/c1-17-8-7-13-27-22(17)19-11-6-12-20(14-19)28-23-21(15-26)24(30-25(29-23)32-2)31-16-18-9-4-3-5-10-18;1-32-24-29-22(19(14-26)23(30-24)31-15-16-7-3-2-4-8-16)28-18-10-5-9-17(13-18)21-20(25)11-6-12-27-21;1-25-17-23-15(18)12(9-20)16(24-17)22-11-5-2-4-10(8-11)14-13(19)6-3-7-21-14;12-10-5-2-6-14-11(10)8-3-1-4-9(13)7-8;8-6-7-4-2-1-3-5-7;1-12-6-10-4(7)3(2-9)5(8)11-6;1-2-3(5)4(6)7;;;;/h3-14H,16H2,1-2H3,(H,28,29,30);2-13H,15H2,1H3,(H,28,29,30);2-8H,1H3,(H,22,23,24);1-7H,13H2;1-5,8H,6H2;1H3;3H,2,5H2,1H3,(H2,6,7);2*1H4;;/q;;;;;;;;;+1;-1/t;;;;;;3-;;;;/m......1..../s1. The van der Waals surface area contributed by atoms with Crippen LogP contribution in [0.1, 0.15) is 74.1 Å². The normalized spacial score (nSPS) is 10.1. The summed E-state index contributed by atoms with van der Waals surface area (Å²) in [6, 6.07) is 78.3. The largest absolute Gasteiger partial charge is 1.00 e. The number of carbonyl (C=O) groups is 1. The molecule has 133 heavy (non-hydrogen) atoms. The summed E-state index contributed by atoms with van der Waals surface area (Å²) in [5, 5.41) is 57.6. The van der Waals surface area contributed by atoms with E-state index in [0.29, 0.717) is 90.6 Å². The topological polar surface area (TPSA) is 420 Å². The number of aryl methyl sites for hydroxylation is 1. The average molecular weight is 1930 g/mol. The van der Waals surface area contributed by atoms with Crippen molar-refractivity contribution in [3.05, 3.63) is 339 Å². The molecule has 0 aliphatic rings. The van der Waals surface area contributed by atoms with Gasteiger partial charge in [0.15, 0.2) is 64.7 Å². The van der Waals surface area contributed by atoms with Crippen LogP contribution in [-0.2, 0) is 24.6 Å². The van der Waals surface area contributed by atoms with Crippen LogP contribution in [0.4, 0.5) is 53.4 Å². The number of nitrogens with two attached hydrogens (primary N) is 3. The number of carbonyl (C=O) groups excluding carboxylic acids is 1. The summed E-state index contributed by atoms with van der Waals surface area (Å²) in [6.45, 7) is 4.57. The maximum atomic E-state index is 14.2. The van der Waals surface area contributed by atoms with Crippen molar-refractivity contribution in [2.75, 3.05) is 46.7 Å². The Morgan fingerprint density at radius 3 is 1.07 bits per heavy atom. The van der Waals surface area contributed by atoms with E-state index in [2.05, 4.69) is 87.9 Å². The number of hydrogen-bond donors (Lipinski definition) is 7. The number of aliphatic hydroxyl groups is 1. The third kappa shape index (κ3) is 33.2. The molecule has 8 heterocycles. The van der Waals surface area contributed by atoms with E-state index in [1.54, 1.807) is 104 Å². The van der Waals surface area contributed by atoms with Gasteiger partial charge in [-0.1, -0.05) is 249 Å². The van der Waals surface area contributed by atoms with Gasteiger partial charge in [0.25, 0.3) is 0 Å². The number of hydrogen-bond acceptors (Lipinski definition) is 29. The van der Waals surface area contributed by atoms with Gasteiger partial charge in [-0.2, -0.15) is 31.0 Å². The molecule has 0 spiro atoms. The molecule has 37 heteroatoms. The predicted octanol–water partition coefficient (Wildman–Crippen LogP) is 19.6. The fourth-order valence-corrected chi connectivity index (χ4v) is 13.3. The zero-order chi connectivity index (χ0) is 93.3. The van der Waals surface area contributed by atoms with Crippen molar-refractivity contribution in [3.63, 3.8) is 0 Å². The van der Waals surface area contributed by atoms with E-state index in [9.17, 15) is 33.8 Å². The first-order valence-electron chi connectivity index (χ1n) is 38.7. The number of nitriles is 4. The van der Waals surface area contributed by atoms with Crippen molar-refractivity contribution < 1.29 is 63.5 Å². The minimum absolute atomic E-state index is 0. The zero-order valence-electron chi connectivity index (χ0n) is 72.2. The van der Waals surface area contributed by atoms with Gasteiger partial charge >= 0.3 is 29.6 Å². The van der Waals surface area contributed by atoms with E-state index in [1.807, 2.05) is 172 Å². The summed E-state index contributed by atoms with van der Waals surface area (Å²) >= 11 is 22.7. The van der Waals surface area contributed by atoms with Crippen molar-refractivity contribution in [1.29, 1.82) is 21.0 Å². The molecule has 0 saturated carbocycles. The van der Waals surface area contributed by atoms with Gasteiger partial charge in [0.1, 0.15) is 83.2 Å². The summed E-state index contributed by atoms with van der Waals surface area (Å²) in [4.78, 5) is 60.4. The Morgan fingerprint density at radius 2 is 0.752 bits per heavy atom. The number of nitrogens with zero attached hydrogens (tertiary/aromatic N) is 16. The minimum atomic E-state index is -0.458. The maximum Gasteiger partial charge on any atom is 1.00 e. The third-order valence-corrected chi connectivity index (χ3v) is 20.5. The number of rotatable bonds is 23. The molecule has 1 amide bonds. The van der Waals surface area contributed by atoms with Gasteiger partial charge < -0.3 is 49.2 Å². The molecular formula is C96H89Cl3F3N22NaO4S4. The second kappa shape index (κ2) is 57.1. The molecule has 0 unspecified atom stereocenters. The second-order valence-corrected chi connectivity index (χ2v) is 30.5. The fourth-order valence-electron chi connectivity index (χ4n) is 11.0. The van der Waals surface area contributed by atoms with Crippen molar-refractivity contribution >= 4 is 128 Å². The number of pyridine rings is 4. The Bertz CT molecular complexity index is 6290.